The molecule has 2 aromatic rings. The number of ketones is 1. The Hall–Kier alpha value is -2.16. The van der Waals surface area contributed by atoms with Crippen LogP contribution in [0.5, 0.6) is 0 Å². The van der Waals surface area contributed by atoms with Gasteiger partial charge in [-0.3, -0.25) is 9.59 Å². The van der Waals surface area contributed by atoms with Gasteiger partial charge in [-0.2, -0.15) is 0 Å². The van der Waals surface area contributed by atoms with Crippen LogP contribution in [0.15, 0.2) is 24.3 Å². The monoisotopic (exact) mass is 253 g/mol. The molecule has 3 nitrogen and oxygen atoms in total. The smallest absolute Gasteiger partial charge is 0.221 e. The highest BCUT2D eigenvalue weighted by atomic mass is 16.1. The molecule has 0 atom stereocenters. The van der Waals surface area contributed by atoms with E-state index in [1.165, 1.54) is 18.1 Å². The largest absolute Gasteiger partial charge is 0.326 e. The topological polar surface area (TPSA) is 46.2 Å². The molecule has 0 unspecified atom stereocenters. The van der Waals surface area contributed by atoms with Crippen molar-refractivity contribution in [1.29, 1.82) is 0 Å². The molecule has 1 aliphatic carbocycles. The zero-order valence-electron chi connectivity index (χ0n) is 11.0. The van der Waals surface area contributed by atoms with Gasteiger partial charge < -0.3 is 5.32 Å². The summed E-state index contributed by atoms with van der Waals surface area (Å²) in [6, 6.07) is 7.86. The second-order valence-electron chi connectivity index (χ2n) is 5.03. The maximum atomic E-state index is 11.8. The number of amides is 1. The van der Waals surface area contributed by atoms with E-state index in [1.807, 2.05) is 24.3 Å². The molecule has 0 spiro atoms. The summed E-state index contributed by atoms with van der Waals surface area (Å²) in [5.41, 5.74) is 3.95. The van der Waals surface area contributed by atoms with Crippen LogP contribution >= 0.6 is 0 Å². The molecule has 3 rings (SSSR count). The summed E-state index contributed by atoms with van der Waals surface area (Å²) < 4.78 is 0. The van der Waals surface area contributed by atoms with E-state index in [9.17, 15) is 9.59 Å². The highest BCUT2D eigenvalue weighted by Gasteiger charge is 2.20. The summed E-state index contributed by atoms with van der Waals surface area (Å²) in [6.45, 7) is 3.05. The van der Waals surface area contributed by atoms with Crippen LogP contribution in [0.4, 0.5) is 5.69 Å². The van der Waals surface area contributed by atoms with E-state index in [4.69, 9.17) is 0 Å². The number of aryl methyl sites for hydroxylation is 2. The lowest BCUT2D eigenvalue weighted by Crippen LogP contribution is -2.08. The molecule has 1 aliphatic rings. The quantitative estimate of drug-likeness (QED) is 0.836. The Balaban J connectivity index is 2.39. The van der Waals surface area contributed by atoms with Gasteiger partial charge in [0.05, 0.1) is 0 Å². The van der Waals surface area contributed by atoms with Gasteiger partial charge in [0.1, 0.15) is 0 Å². The lowest BCUT2D eigenvalue weighted by Gasteiger charge is -2.12. The zero-order chi connectivity index (χ0) is 13.6. The molecular formula is C16H15NO2. The fourth-order valence-corrected chi connectivity index (χ4v) is 2.92. The van der Waals surface area contributed by atoms with Crippen molar-refractivity contribution in [3.8, 4) is 0 Å². The Labute approximate surface area is 111 Å². The first-order valence-corrected chi connectivity index (χ1v) is 6.44. The second-order valence-corrected chi connectivity index (χ2v) is 5.03. The molecule has 0 fully saturated rings. The lowest BCUT2D eigenvalue weighted by molar-refractivity contribution is -0.114. The van der Waals surface area contributed by atoms with Gasteiger partial charge >= 0.3 is 0 Å². The van der Waals surface area contributed by atoms with Crippen molar-refractivity contribution >= 4 is 28.2 Å². The van der Waals surface area contributed by atoms with Gasteiger partial charge in [-0.25, -0.2) is 0 Å². The van der Waals surface area contributed by atoms with E-state index in [0.717, 1.165) is 29.3 Å². The molecule has 2 aromatic carbocycles. The van der Waals surface area contributed by atoms with Crippen LogP contribution < -0.4 is 5.32 Å². The molecule has 96 valence electrons. The molecule has 0 saturated carbocycles. The molecule has 0 aromatic heterocycles. The first kappa shape index (κ1) is 11.9. The van der Waals surface area contributed by atoms with Gasteiger partial charge in [0.15, 0.2) is 5.78 Å². The normalized spacial score (nSPS) is 12.7. The van der Waals surface area contributed by atoms with Crippen molar-refractivity contribution in [3.05, 3.63) is 41.0 Å². The van der Waals surface area contributed by atoms with E-state index in [2.05, 4.69) is 5.32 Å². The number of carbonyl (C=O) groups excluding carboxylic acids is 2. The third-order valence-corrected chi connectivity index (χ3v) is 3.69. The van der Waals surface area contributed by atoms with Gasteiger partial charge in [-0.05, 0) is 42.3 Å². The third-order valence-electron chi connectivity index (χ3n) is 3.69. The molecule has 0 heterocycles. The predicted octanol–water partition coefficient (Wildman–Crippen LogP) is 3.10. The molecule has 19 heavy (non-hydrogen) atoms. The van der Waals surface area contributed by atoms with E-state index in [-0.39, 0.29) is 11.7 Å². The summed E-state index contributed by atoms with van der Waals surface area (Å²) >= 11 is 0. The van der Waals surface area contributed by atoms with Gasteiger partial charge in [-0.15, -0.1) is 0 Å². The van der Waals surface area contributed by atoms with Crippen molar-refractivity contribution < 1.29 is 9.59 Å². The fourth-order valence-electron chi connectivity index (χ4n) is 2.92. The van der Waals surface area contributed by atoms with Crippen molar-refractivity contribution in [1.82, 2.24) is 0 Å². The van der Waals surface area contributed by atoms with Crippen LogP contribution in [0.2, 0.25) is 0 Å². The van der Waals surface area contributed by atoms with Gasteiger partial charge in [0, 0.05) is 23.6 Å². The number of hydrogen-bond acceptors (Lipinski definition) is 2. The van der Waals surface area contributed by atoms with E-state index in [1.54, 1.807) is 6.92 Å². The van der Waals surface area contributed by atoms with Crippen molar-refractivity contribution in [2.75, 3.05) is 5.32 Å². The van der Waals surface area contributed by atoms with Gasteiger partial charge in [0.2, 0.25) is 5.91 Å². The number of nitrogens with one attached hydrogen (secondary N) is 1. The number of Topliss-reactive ketones (excluding diaryl/α,β-unsaturated/α-hetero) is 1. The van der Waals surface area contributed by atoms with Crippen LogP contribution in [0, 0.1) is 0 Å². The zero-order valence-corrected chi connectivity index (χ0v) is 11.0. The average Bonchev–Trinajstić information content (AvgIpc) is 2.76. The number of anilines is 1. The maximum Gasteiger partial charge on any atom is 0.221 e. The van der Waals surface area contributed by atoms with Crippen LogP contribution in [-0.2, 0) is 17.6 Å². The molecule has 1 amide bonds. The van der Waals surface area contributed by atoms with E-state index >= 15 is 0 Å². The maximum absolute atomic E-state index is 11.8. The minimum Gasteiger partial charge on any atom is -0.326 e. The minimum atomic E-state index is -0.117. The fraction of sp³-hybridized carbons (Fsp3) is 0.250. The summed E-state index contributed by atoms with van der Waals surface area (Å²) in [5, 5.41) is 4.88. The summed E-state index contributed by atoms with van der Waals surface area (Å²) in [7, 11) is 0. The number of carbonyl (C=O) groups is 2. The Morgan fingerprint density at radius 3 is 2.16 bits per heavy atom. The second kappa shape index (κ2) is 4.19. The number of rotatable bonds is 2. The van der Waals surface area contributed by atoms with Crippen molar-refractivity contribution in [2.24, 2.45) is 0 Å². The highest BCUT2D eigenvalue weighted by molar-refractivity contribution is 6.15. The molecular weight excluding hydrogens is 238 g/mol. The van der Waals surface area contributed by atoms with Gasteiger partial charge in [0.25, 0.3) is 0 Å². The van der Waals surface area contributed by atoms with Gasteiger partial charge in [-0.1, -0.05) is 18.2 Å². The first-order chi connectivity index (χ1) is 9.08. The Morgan fingerprint density at radius 2 is 1.58 bits per heavy atom. The van der Waals surface area contributed by atoms with Crippen LogP contribution in [-0.4, -0.2) is 11.7 Å². The molecule has 1 N–H and O–H groups in total. The Bertz CT molecular complexity index is 706. The summed E-state index contributed by atoms with van der Waals surface area (Å²) in [6.07, 6.45) is 2.01. The molecule has 0 bridgehead atoms. The van der Waals surface area contributed by atoms with E-state index in [0.29, 0.717) is 5.56 Å². The predicted molar refractivity (Wildman–Crippen MR) is 75.7 cm³/mol. The molecule has 0 saturated heterocycles. The van der Waals surface area contributed by atoms with E-state index < -0.39 is 0 Å². The standard InChI is InChI=1S/C16H15NO2/c1-9(18)13-7-5-11-3-4-12-6-8-14(17-10(2)19)16(13)15(11)12/h5-8H,3-4H2,1-2H3,(H,17,19). The first-order valence-electron chi connectivity index (χ1n) is 6.44. The van der Waals surface area contributed by atoms with Crippen molar-refractivity contribution in [3.63, 3.8) is 0 Å². The van der Waals surface area contributed by atoms with Crippen LogP contribution in [0.1, 0.15) is 35.3 Å². The van der Waals surface area contributed by atoms with Crippen molar-refractivity contribution in [2.45, 2.75) is 26.7 Å². The SMILES string of the molecule is CC(=O)Nc1ccc2c3c(ccc(C(C)=O)c13)CC2. The summed E-state index contributed by atoms with van der Waals surface area (Å²) in [5.74, 6) is -0.0876. The average molecular weight is 253 g/mol. The minimum absolute atomic E-state index is 0.0298. The summed E-state index contributed by atoms with van der Waals surface area (Å²) in [4.78, 5) is 23.2. The van der Waals surface area contributed by atoms with Crippen LogP contribution in [0.25, 0.3) is 10.8 Å². The molecule has 0 radical (unpaired) electrons. The number of hydrogen-bond donors (Lipinski definition) is 1. The molecule has 3 heteroatoms. The Morgan fingerprint density at radius 1 is 0.947 bits per heavy atom. The highest BCUT2D eigenvalue weighted by Crippen LogP contribution is 2.37. The molecule has 0 aliphatic heterocycles. The van der Waals surface area contributed by atoms with Crippen LogP contribution in [0.3, 0.4) is 0 Å². The Kier molecular flexibility index (Phi) is 2.63. The third kappa shape index (κ3) is 1.82. The lowest BCUT2D eigenvalue weighted by atomic mass is 9.96. The number of benzene rings is 2.